The van der Waals surface area contributed by atoms with Gasteiger partial charge in [0, 0.05) is 12.1 Å². The Bertz CT molecular complexity index is 1890. The van der Waals surface area contributed by atoms with Crippen LogP contribution < -0.4 is 5.32 Å². The third-order valence-corrected chi connectivity index (χ3v) is 7.54. The topological polar surface area (TPSA) is 212 Å². The first kappa shape index (κ1) is 28.4. The van der Waals surface area contributed by atoms with Crippen LogP contribution in [0.5, 0.6) is 0 Å². The van der Waals surface area contributed by atoms with Crippen LogP contribution in [0.3, 0.4) is 0 Å². The molecule has 0 radical (unpaired) electrons. The highest BCUT2D eigenvalue weighted by Gasteiger charge is 2.17. The molecule has 0 atom stereocenters. The Labute approximate surface area is 238 Å². The molecule has 214 valence electrons. The van der Waals surface area contributed by atoms with Crippen LogP contribution in [0, 0.1) is 0 Å². The molecule has 42 heavy (non-hydrogen) atoms. The van der Waals surface area contributed by atoms with Crippen LogP contribution in [0.1, 0.15) is 10.4 Å². The molecule has 3 N–H and O–H groups in total. The Morgan fingerprint density at radius 3 is 1.57 bits per heavy atom. The second kappa shape index (κ2) is 11.1. The van der Waals surface area contributed by atoms with Crippen molar-refractivity contribution in [3.05, 3.63) is 91.3 Å². The normalized spacial score (nSPS) is 11.8. The van der Waals surface area contributed by atoms with Crippen LogP contribution in [0.25, 0.3) is 34.2 Å². The summed E-state index contributed by atoms with van der Waals surface area (Å²) in [6.07, 6.45) is 4.57. The van der Waals surface area contributed by atoms with Crippen LogP contribution in [-0.4, -0.2) is 73.4 Å². The molecule has 0 saturated carbocycles. The Morgan fingerprint density at radius 2 is 1.19 bits per heavy atom. The van der Waals surface area contributed by atoms with E-state index in [4.69, 9.17) is 0 Å². The monoisotopic (exact) mass is 608 g/mol. The zero-order valence-corrected chi connectivity index (χ0v) is 22.9. The second-order valence-electron chi connectivity index (χ2n) is 8.66. The molecular weight excluding hydrogens is 588 g/mol. The van der Waals surface area contributed by atoms with Crippen molar-refractivity contribution in [2.45, 2.75) is 9.79 Å². The summed E-state index contributed by atoms with van der Waals surface area (Å²) in [5, 5.41) is 19.1. The molecule has 5 rings (SSSR count). The van der Waals surface area contributed by atoms with Gasteiger partial charge in [-0.2, -0.15) is 16.8 Å². The van der Waals surface area contributed by atoms with E-state index < -0.39 is 26.1 Å². The summed E-state index contributed by atoms with van der Waals surface area (Å²) in [6, 6.07) is 13.6. The van der Waals surface area contributed by atoms with Gasteiger partial charge < -0.3 is 5.32 Å². The summed E-state index contributed by atoms with van der Waals surface area (Å²) >= 11 is 0. The average Bonchev–Trinajstić information content (AvgIpc) is 3.66. The molecule has 3 heterocycles. The fraction of sp³-hybridized carbons (Fsp3) is 0.0400. The van der Waals surface area contributed by atoms with Crippen LogP contribution in [0.4, 0.5) is 0 Å². The molecule has 0 aliphatic heterocycles. The van der Waals surface area contributed by atoms with E-state index in [9.17, 15) is 30.7 Å². The number of aromatic nitrogens is 7. The quantitative estimate of drug-likeness (QED) is 0.162. The van der Waals surface area contributed by atoms with E-state index >= 15 is 0 Å². The van der Waals surface area contributed by atoms with Crippen LogP contribution >= 0.6 is 0 Å². The first-order valence-corrected chi connectivity index (χ1v) is 14.7. The maximum atomic E-state index is 12.8. The molecular formula is C25H20N8O7S2. The predicted octanol–water partition coefficient (Wildman–Crippen LogP) is 1.99. The van der Waals surface area contributed by atoms with Crippen LogP contribution in [0.2, 0.25) is 0 Å². The van der Waals surface area contributed by atoms with Gasteiger partial charge in [0.25, 0.3) is 26.1 Å². The molecule has 17 heteroatoms. The van der Waals surface area contributed by atoms with Crippen molar-refractivity contribution in [2.75, 3.05) is 6.54 Å². The van der Waals surface area contributed by atoms with E-state index in [1.54, 1.807) is 0 Å². The van der Waals surface area contributed by atoms with Crippen molar-refractivity contribution in [1.29, 1.82) is 0 Å². The van der Waals surface area contributed by atoms with Crippen molar-refractivity contribution in [2.24, 2.45) is 0 Å². The van der Waals surface area contributed by atoms with Gasteiger partial charge >= 0.3 is 0 Å². The number of nitrogens with one attached hydrogen (secondary N) is 1. The highest BCUT2D eigenvalue weighted by Crippen LogP contribution is 2.24. The first-order chi connectivity index (χ1) is 19.9. The maximum Gasteiger partial charge on any atom is 0.294 e. The molecule has 1 amide bonds. The number of carbonyl (C=O) groups is 1. The van der Waals surface area contributed by atoms with Gasteiger partial charge in [0.2, 0.25) is 0 Å². The van der Waals surface area contributed by atoms with Gasteiger partial charge in [0.1, 0.15) is 11.4 Å². The number of pyridine rings is 1. The Kier molecular flexibility index (Phi) is 7.48. The zero-order chi connectivity index (χ0) is 30.1. The highest BCUT2D eigenvalue weighted by atomic mass is 32.2. The second-order valence-corrected chi connectivity index (χ2v) is 11.5. The number of nitrogens with zero attached hydrogens (tertiary/aromatic N) is 7. The van der Waals surface area contributed by atoms with Crippen molar-refractivity contribution in [3.63, 3.8) is 0 Å². The number of rotatable bonds is 9. The molecule has 3 aromatic heterocycles. The van der Waals surface area contributed by atoms with E-state index in [2.05, 4.69) is 37.5 Å². The maximum absolute atomic E-state index is 12.8. The first-order valence-electron chi connectivity index (χ1n) is 11.8. The lowest BCUT2D eigenvalue weighted by atomic mass is 10.1. The summed E-state index contributed by atoms with van der Waals surface area (Å²) in [5.41, 5.74) is 2.22. The summed E-state index contributed by atoms with van der Waals surface area (Å²) < 4.78 is 66.5. The lowest BCUT2D eigenvalue weighted by Crippen LogP contribution is -2.23. The average molecular weight is 609 g/mol. The van der Waals surface area contributed by atoms with E-state index in [0.717, 1.165) is 0 Å². The molecule has 2 aromatic carbocycles. The van der Waals surface area contributed by atoms with Crippen molar-refractivity contribution in [3.8, 4) is 34.2 Å². The predicted molar refractivity (Wildman–Crippen MR) is 147 cm³/mol. The number of carbonyl (C=O) groups excluding carboxylic acids is 1. The van der Waals surface area contributed by atoms with Crippen molar-refractivity contribution in [1.82, 2.24) is 40.3 Å². The summed E-state index contributed by atoms with van der Waals surface area (Å²) in [5.74, 6) is -0.416. The molecule has 0 unspecified atom stereocenters. The molecule has 15 nitrogen and oxygen atoms in total. The van der Waals surface area contributed by atoms with Crippen molar-refractivity contribution >= 4 is 26.1 Å². The van der Waals surface area contributed by atoms with E-state index in [1.165, 1.54) is 88.5 Å². The van der Waals surface area contributed by atoms with Crippen molar-refractivity contribution < 1.29 is 30.7 Å². The number of hydrogen-bond donors (Lipinski definition) is 3. The molecule has 0 saturated heterocycles. The van der Waals surface area contributed by atoms with Gasteiger partial charge in [-0.25, -0.2) is 14.3 Å². The van der Waals surface area contributed by atoms with E-state index in [1.807, 2.05) is 0 Å². The number of amides is 1. The third-order valence-electron chi connectivity index (χ3n) is 5.80. The van der Waals surface area contributed by atoms with Gasteiger partial charge in [-0.15, -0.1) is 16.8 Å². The van der Waals surface area contributed by atoms with Gasteiger partial charge in [-0.1, -0.05) is 16.5 Å². The SMILES string of the molecule is C=CCNC(=O)c1cc(-c2cn(-c3ccc(S(=O)(=O)O)cc3)nn2)nc(-c2cn(-c3ccc(S(=O)(=O)O)cc3)nn2)c1. The van der Waals surface area contributed by atoms with Gasteiger partial charge in [0.15, 0.2) is 0 Å². The smallest absolute Gasteiger partial charge is 0.294 e. The number of benzene rings is 2. The van der Waals surface area contributed by atoms with Gasteiger partial charge in [-0.05, 0) is 60.7 Å². The van der Waals surface area contributed by atoms with Gasteiger partial charge in [0.05, 0.1) is 44.9 Å². The lowest BCUT2D eigenvalue weighted by Gasteiger charge is -2.07. The molecule has 0 spiro atoms. The molecule has 5 aromatic rings. The Balaban J connectivity index is 1.51. The largest absolute Gasteiger partial charge is 0.349 e. The van der Waals surface area contributed by atoms with E-state index in [-0.39, 0.29) is 44.7 Å². The summed E-state index contributed by atoms with van der Waals surface area (Å²) in [7, 11) is -8.72. The lowest BCUT2D eigenvalue weighted by molar-refractivity contribution is 0.0958. The standard InChI is InChI=1S/C25H20N8O7S2/c1-2-11-26-25(34)16-12-21(23-14-32(30-28-23)17-3-7-19(8-4-17)41(35,36)37)27-22(13-16)24-15-33(31-29-24)18-5-9-20(10-6-18)42(38,39)40/h2-10,12-15H,1,11H2,(H,26,34)(H,35,36,37)(H,38,39,40). The fourth-order valence-corrected chi connectivity index (χ4v) is 4.71. The minimum absolute atomic E-state index is 0.220. The minimum Gasteiger partial charge on any atom is -0.349 e. The number of hydrogen-bond acceptors (Lipinski definition) is 10. The van der Waals surface area contributed by atoms with Gasteiger partial charge in [-0.3, -0.25) is 13.9 Å². The Morgan fingerprint density at radius 1 is 0.762 bits per heavy atom. The fourth-order valence-electron chi connectivity index (χ4n) is 3.75. The van der Waals surface area contributed by atoms with Crippen LogP contribution in [0.15, 0.2) is 95.5 Å². The third kappa shape index (κ3) is 6.13. The molecule has 0 bridgehead atoms. The molecule has 0 aliphatic carbocycles. The molecule has 0 fully saturated rings. The zero-order valence-electron chi connectivity index (χ0n) is 21.3. The van der Waals surface area contributed by atoms with Crippen LogP contribution in [-0.2, 0) is 20.2 Å². The van der Waals surface area contributed by atoms with E-state index in [0.29, 0.717) is 11.4 Å². The highest BCUT2D eigenvalue weighted by molar-refractivity contribution is 7.86. The Hall–Kier alpha value is -5.10. The summed E-state index contributed by atoms with van der Waals surface area (Å²) in [6.45, 7) is 3.81. The molecule has 0 aliphatic rings. The minimum atomic E-state index is -4.36. The summed E-state index contributed by atoms with van der Waals surface area (Å²) in [4.78, 5) is 16.9.